The highest BCUT2D eigenvalue weighted by Gasteiger charge is 2.15. The highest BCUT2D eigenvalue weighted by Crippen LogP contribution is 2.14. The van der Waals surface area contributed by atoms with E-state index in [1.807, 2.05) is 24.3 Å². The Morgan fingerprint density at radius 1 is 1.32 bits per heavy atom. The molecule has 4 N–H and O–H groups in total. The lowest BCUT2D eigenvalue weighted by molar-refractivity contribution is 0.581. The van der Waals surface area contributed by atoms with E-state index in [1.54, 1.807) is 0 Å². The van der Waals surface area contributed by atoms with Gasteiger partial charge in [-0.2, -0.15) is 0 Å². The summed E-state index contributed by atoms with van der Waals surface area (Å²) in [6.07, 6.45) is 1.44. The maximum absolute atomic E-state index is 12.0. The summed E-state index contributed by atoms with van der Waals surface area (Å²) in [6.45, 7) is 0.520. The Labute approximate surface area is 120 Å². The van der Waals surface area contributed by atoms with Gasteiger partial charge in [0.05, 0.1) is 4.90 Å². The first-order valence-corrected chi connectivity index (χ1v) is 7.90. The zero-order valence-corrected chi connectivity index (χ0v) is 12.5. The summed E-state index contributed by atoms with van der Waals surface area (Å²) in [5.41, 5.74) is 7.00. The van der Waals surface area contributed by atoms with Crippen LogP contribution in [0.1, 0.15) is 11.3 Å². The Hall–Kier alpha value is -1.15. The average molecular weight is 344 g/mol. The first-order valence-electron chi connectivity index (χ1n) is 5.63. The van der Waals surface area contributed by atoms with Crippen LogP contribution in [-0.4, -0.2) is 13.4 Å². The third-order valence-corrected chi connectivity index (χ3v) is 4.48. The third kappa shape index (κ3) is 3.66. The molecule has 2 rings (SSSR count). The van der Waals surface area contributed by atoms with Gasteiger partial charge in [-0.15, -0.1) is 0 Å². The topological polar surface area (TPSA) is 88.0 Å². The number of nitrogens with one attached hydrogen (secondary N) is 2. The van der Waals surface area contributed by atoms with Gasteiger partial charge in [-0.1, -0.05) is 28.1 Å². The number of sulfonamides is 1. The number of aromatic nitrogens is 1. The van der Waals surface area contributed by atoms with Crippen LogP contribution >= 0.6 is 15.9 Å². The Morgan fingerprint density at radius 3 is 2.74 bits per heavy atom. The lowest BCUT2D eigenvalue weighted by atomic mass is 10.2. The summed E-state index contributed by atoms with van der Waals surface area (Å²) in [5, 5.41) is 0. The normalized spacial score (nSPS) is 11.7. The van der Waals surface area contributed by atoms with Gasteiger partial charge in [0.1, 0.15) is 0 Å². The Bertz CT molecular complexity index is 667. The van der Waals surface area contributed by atoms with E-state index >= 15 is 0 Å². The second kappa shape index (κ2) is 5.87. The van der Waals surface area contributed by atoms with Crippen molar-refractivity contribution >= 4 is 26.0 Å². The van der Waals surface area contributed by atoms with E-state index in [2.05, 4.69) is 25.6 Å². The molecule has 102 valence electrons. The van der Waals surface area contributed by atoms with Crippen molar-refractivity contribution < 1.29 is 8.42 Å². The van der Waals surface area contributed by atoms with Crippen LogP contribution < -0.4 is 10.5 Å². The third-order valence-electron chi connectivity index (χ3n) is 2.60. The van der Waals surface area contributed by atoms with Crippen molar-refractivity contribution in [3.05, 3.63) is 52.3 Å². The number of benzene rings is 1. The van der Waals surface area contributed by atoms with Gasteiger partial charge in [0, 0.05) is 29.5 Å². The molecular formula is C12H14BrN3O2S. The van der Waals surface area contributed by atoms with Crippen molar-refractivity contribution in [3.63, 3.8) is 0 Å². The van der Waals surface area contributed by atoms with E-state index in [4.69, 9.17) is 5.73 Å². The number of rotatable bonds is 5. The fourth-order valence-electron chi connectivity index (χ4n) is 1.60. The molecule has 1 heterocycles. The maximum Gasteiger partial charge on any atom is 0.242 e. The molecule has 0 fully saturated rings. The lowest BCUT2D eigenvalue weighted by Gasteiger charge is -2.05. The SMILES string of the molecule is NCc1cc(S(=O)(=O)NCc2cccc(Br)c2)c[nH]1. The van der Waals surface area contributed by atoms with Gasteiger partial charge < -0.3 is 10.7 Å². The number of halogens is 1. The van der Waals surface area contributed by atoms with Gasteiger partial charge in [-0.3, -0.25) is 0 Å². The number of nitrogens with two attached hydrogens (primary N) is 1. The van der Waals surface area contributed by atoms with Crippen LogP contribution in [0.25, 0.3) is 0 Å². The second-order valence-electron chi connectivity index (χ2n) is 4.02. The van der Waals surface area contributed by atoms with E-state index < -0.39 is 10.0 Å². The van der Waals surface area contributed by atoms with Crippen molar-refractivity contribution in [1.82, 2.24) is 9.71 Å². The van der Waals surface area contributed by atoms with E-state index in [0.29, 0.717) is 5.69 Å². The molecule has 1 aromatic carbocycles. The van der Waals surface area contributed by atoms with Crippen LogP contribution in [0.2, 0.25) is 0 Å². The molecule has 0 aliphatic heterocycles. The Balaban J connectivity index is 2.09. The highest BCUT2D eigenvalue weighted by molar-refractivity contribution is 9.10. The number of H-pyrrole nitrogens is 1. The standard InChI is InChI=1S/C12H14BrN3O2S/c13-10-3-1-2-9(4-10)7-16-19(17,18)12-5-11(6-14)15-8-12/h1-5,8,15-16H,6-7,14H2. The van der Waals surface area contributed by atoms with Gasteiger partial charge in [0.2, 0.25) is 10.0 Å². The summed E-state index contributed by atoms with van der Waals surface area (Å²) in [7, 11) is -3.51. The zero-order valence-electron chi connectivity index (χ0n) is 10.1. The van der Waals surface area contributed by atoms with Crippen LogP contribution in [0.5, 0.6) is 0 Å². The maximum atomic E-state index is 12.0. The second-order valence-corrected chi connectivity index (χ2v) is 6.70. The van der Waals surface area contributed by atoms with Crippen molar-refractivity contribution in [2.45, 2.75) is 18.0 Å². The van der Waals surface area contributed by atoms with Crippen LogP contribution in [-0.2, 0) is 23.1 Å². The molecule has 2 aromatic rings. The molecule has 0 bridgehead atoms. The van der Waals surface area contributed by atoms with Gasteiger partial charge in [-0.25, -0.2) is 13.1 Å². The minimum absolute atomic E-state index is 0.197. The predicted octanol–water partition coefficient (Wildman–Crippen LogP) is 1.71. The predicted molar refractivity (Wildman–Crippen MR) is 76.9 cm³/mol. The molecule has 5 nitrogen and oxygen atoms in total. The molecular weight excluding hydrogens is 330 g/mol. The molecule has 19 heavy (non-hydrogen) atoms. The largest absolute Gasteiger partial charge is 0.363 e. The number of aromatic amines is 1. The van der Waals surface area contributed by atoms with Crippen LogP contribution in [0.4, 0.5) is 0 Å². The van der Waals surface area contributed by atoms with Crippen molar-refractivity contribution in [2.75, 3.05) is 0 Å². The number of hydrogen-bond donors (Lipinski definition) is 3. The minimum Gasteiger partial charge on any atom is -0.363 e. The smallest absolute Gasteiger partial charge is 0.242 e. The van der Waals surface area contributed by atoms with E-state index in [0.717, 1.165) is 10.0 Å². The fourth-order valence-corrected chi connectivity index (χ4v) is 3.08. The molecule has 7 heteroatoms. The molecule has 0 saturated carbocycles. The fraction of sp³-hybridized carbons (Fsp3) is 0.167. The molecule has 0 atom stereocenters. The first-order chi connectivity index (χ1) is 9.01. The number of hydrogen-bond acceptors (Lipinski definition) is 3. The molecule has 1 aromatic heterocycles. The van der Waals surface area contributed by atoms with Crippen LogP contribution in [0.3, 0.4) is 0 Å². The molecule has 0 saturated heterocycles. The van der Waals surface area contributed by atoms with E-state index in [1.165, 1.54) is 12.3 Å². The highest BCUT2D eigenvalue weighted by atomic mass is 79.9. The molecule has 0 amide bonds. The van der Waals surface area contributed by atoms with Gasteiger partial charge in [0.15, 0.2) is 0 Å². The molecule has 0 aliphatic carbocycles. The average Bonchev–Trinajstić information content (AvgIpc) is 2.86. The first kappa shape index (κ1) is 14.3. The summed E-state index contributed by atoms with van der Waals surface area (Å²) in [6, 6.07) is 9.00. The lowest BCUT2D eigenvalue weighted by Crippen LogP contribution is -2.22. The zero-order chi connectivity index (χ0) is 13.9. The van der Waals surface area contributed by atoms with Gasteiger partial charge in [-0.05, 0) is 23.8 Å². The summed E-state index contributed by atoms with van der Waals surface area (Å²) in [5.74, 6) is 0. The Kier molecular flexibility index (Phi) is 4.41. The van der Waals surface area contributed by atoms with Crippen molar-refractivity contribution in [1.29, 1.82) is 0 Å². The monoisotopic (exact) mass is 343 g/mol. The van der Waals surface area contributed by atoms with Crippen molar-refractivity contribution in [3.8, 4) is 0 Å². The molecule has 0 aliphatic rings. The summed E-state index contributed by atoms with van der Waals surface area (Å²) < 4.78 is 27.5. The minimum atomic E-state index is -3.51. The molecule has 0 spiro atoms. The van der Waals surface area contributed by atoms with Gasteiger partial charge >= 0.3 is 0 Å². The van der Waals surface area contributed by atoms with Crippen LogP contribution in [0, 0.1) is 0 Å². The summed E-state index contributed by atoms with van der Waals surface area (Å²) in [4.78, 5) is 3.01. The summed E-state index contributed by atoms with van der Waals surface area (Å²) >= 11 is 3.34. The van der Waals surface area contributed by atoms with Crippen LogP contribution in [0.15, 0.2) is 45.9 Å². The molecule has 0 unspecified atom stereocenters. The quantitative estimate of drug-likeness (QED) is 0.772. The van der Waals surface area contributed by atoms with E-state index in [9.17, 15) is 8.42 Å². The van der Waals surface area contributed by atoms with Crippen molar-refractivity contribution in [2.24, 2.45) is 5.73 Å². The van der Waals surface area contributed by atoms with Gasteiger partial charge in [0.25, 0.3) is 0 Å². The molecule has 0 radical (unpaired) electrons. The Morgan fingerprint density at radius 2 is 2.11 bits per heavy atom. The van der Waals surface area contributed by atoms with E-state index in [-0.39, 0.29) is 18.0 Å².